The summed E-state index contributed by atoms with van der Waals surface area (Å²) < 4.78 is 58.7. The molecule has 0 amide bonds. The third-order valence-electron chi connectivity index (χ3n) is 1.25. The van der Waals surface area contributed by atoms with Gasteiger partial charge in [0, 0.05) is 0 Å². The van der Waals surface area contributed by atoms with E-state index in [2.05, 4.69) is 0 Å². The van der Waals surface area contributed by atoms with Crippen molar-refractivity contribution in [1.29, 1.82) is 0 Å². The molecule has 0 heterocycles. The van der Waals surface area contributed by atoms with Gasteiger partial charge in [0.2, 0.25) is 0 Å². The fourth-order valence-corrected chi connectivity index (χ4v) is 0.818. The molecule has 0 bridgehead atoms. The van der Waals surface area contributed by atoms with Crippen molar-refractivity contribution in [2.24, 2.45) is 0 Å². The van der Waals surface area contributed by atoms with E-state index in [0.717, 1.165) is 0 Å². The first kappa shape index (κ1) is 12.0. The van der Waals surface area contributed by atoms with E-state index in [1.54, 1.807) is 0 Å². The zero-order valence-corrected chi connectivity index (χ0v) is 6.70. The lowest BCUT2D eigenvalue weighted by Gasteiger charge is -2.25. The zero-order chi connectivity index (χ0) is 10.2. The predicted molar refractivity (Wildman–Crippen MR) is 31.8 cm³/mol. The van der Waals surface area contributed by atoms with Gasteiger partial charge in [0.15, 0.2) is 8.38 Å². The highest BCUT2D eigenvalue weighted by Crippen LogP contribution is 2.48. The van der Waals surface area contributed by atoms with E-state index in [4.69, 9.17) is 9.79 Å². The fourth-order valence-electron chi connectivity index (χ4n) is 0.382. The van der Waals surface area contributed by atoms with E-state index in [1.807, 2.05) is 0 Å². The quantitative estimate of drug-likeness (QED) is 0.541. The van der Waals surface area contributed by atoms with E-state index in [0.29, 0.717) is 6.92 Å². The second-order valence-corrected chi connectivity index (χ2v) is 3.53. The molecule has 0 rings (SSSR count). The van der Waals surface area contributed by atoms with Crippen LogP contribution in [0.2, 0.25) is 0 Å². The van der Waals surface area contributed by atoms with Crippen LogP contribution >= 0.6 is 8.38 Å². The van der Waals surface area contributed by atoms with Crippen LogP contribution in [-0.4, -0.2) is 27.5 Å². The summed E-state index contributed by atoms with van der Waals surface area (Å²) in [5.74, 6) is -5.05. The Labute approximate surface area is 65.9 Å². The van der Waals surface area contributed by atoms with Crippen molar-refractivity contribution in [3.8, 4) is 0 Å². The molecule has 0 spiro atoms. The van der Waals surface area contributed by atoms with Gasteiger partial charge >= 0.3 is 12.1 Å². The maximum absolute atomic E-state index is 12.1. The van der Waals surface area contributed by atoms with E-state index < -0.39 is 26.1 Å². The van der Waals surface area contributed by atoms with Crippen LogP contribution in [0, 0.1) is 0 Å². The Morgan fingerprint density at radius 1 is 1.08 bits per heavy atom. The van der Waals surface area contributed by atoms with E-state index in [1.165, 1.54) is 0 Å². The molecular formula is C4H6F5O2P. The molecule has 8 heteroatoms. The molecule has 1 unspecified atom stereocenters. The van der Waals surface area contributed by atoms with Gasteiger partial charge < -0.3 is 9.79 Å². The Morgan fingerprint density at radius 2 is 1.42 bits per heavy atom. The van der Waals surface area contributed by atoms with Crippen LogP contribution in [0.4, 0.5) is 22.0 Å². The van der Waals surface area contributed by atoms with Crippen molar-refractivity contribution in [2.45, 2.75) is 24.7 Å². The summed E-state index contributed by atoms with van der Waals surface area (Å²) in [7, 11) is -3.28. The van der Waals surface area contributed by atoms with E-state index in [-0.39, 0.29) is 0 Å². The zero-order valence-electron chi connectivity index (χ0n) is 5.81. The maximum atomic E-state index is 12.1. The molecule has 0 aliphatic carbocycles. The third-order valence-corrected chi connectivity index (χ3v) is 2.27. The summed E-state index contributed by atoms with van der Waals surface area (Å²) >= 11 is 0. The average Bonchev–Trinajstić information content (AvgIpc) is 1.83. The monoisotopic (exact) mass is 212 g/mol. The molecule has 0 aromatic heterocycles. The average molecular weight is 212 g/mol. The Morgan fingerprint density at radius 3 is 1.50 bits per heavy atom. The van der Waals surface area contributed by atoms with Gasteiger partial charge in [-0.1, -0.05) is 0 Å². The molecule has 0 aromatic carbocycles. The molecule has 2 N–H and O–H groups in total. The van der Waals surface area contributed by atoms with Crippen molar-refractivity contribution >= 4 is 8.38 Å². The molecule has 0 aromatic rings. The van der Waals surface area contributed by atoms with Crippen LogP contribution in [-0.2, 0) is 0 Å². The van der Waals surface area contributed by atoms with Crippen molar-refractivity contribution < 1.29 is 31.7 Å². The van der Waals surface area contributed by atoms with Gasteiger partial charge in [-0.25, -0.2) is 0 Å². The molecule has 0 saturated heterocycles. The topological polar surface area (TPSA) is 40.5 Å². The van der Waals surface area contributed by atoms with Crippen molar-refractivity contribution in [1.82, 2.24) is 0 Å². The van der Waals surface area contributed by atoms with Gasteiger partial charge in [-0.2, -0.15) is 22.0 Å². The lowest BCUT2D eigenvalue weighted by atomic mass is 10.2. The lowest BCUT2D eigenvalue weighted by Crippen LogP contribution is -2.44. The largest absolute Gasteiger partial charge is 0.454 e. The van der Waals surface area contributed by atoms with Gasteiger partial charge in [-0.05, 0) is 6.92 Å². The van der Waals surface area contributed by atoms with Gasteiger partial charge in [0.1, 0.15) is 0 Å². The number of hydrogen-bond donors (Lipinski definition) is 2. The minimum atomic E-state index is -5.74. The van der Waals surface area contributed by atoms with Crippen LogP contribution < -0.4 is 0 Å². The first-order chi connectivity index (χ1) is 5.10. The summed E-state index contributed by atoms with van der Waals surface area (Å²) in [6.45, 7) is 0.430. The summed E-state index contributed by atoms with van der Waals surface area (Å²) in [6.07, 6.45) is -5.74. The Balaban J connectivity index is 4.61. The van der Waals surface area contributed by atoms with Gasteiger partial charge in [-0.3, -0.25) is 0 Å². The molecular weight excluding hydrogens is 206 g/mol. The first-order valence-corrected chi connectivity index (χ1v) is 4.04. The van der Waals surface area contributed by atoms with Gasteiger partial charge in [0.05, 0.1) is 5.66 Å². The maximum Gasteiger partial charge on any atom is 0.454 e. The SMILES string of the molecule is CC(P(O)O)C(F)(F)C(F)(F)F. The highest BCUT2D eigenvalue weighted by molar-refractivity contribution is 7.46. The lowest BCUT2D eigenvalue weighted by molar-refractivity contribution is -0.281. The molecule has 0 aliphatic rings. The molecule has 0 radical (unpaired) electrons. The standard InChI is InChI=1S/C4H6F5O2P/c1-2(12(10)11)3(5,6)4(7,8)9/h2,10-11H,1H3. The van der Waals surface area contributed by atoms with Crippen LogP contribution in [0.3, 0.4) is 0 Å². The number of alkyl halides is 5. The van der Waals surface area contributed by atoms with Crippen molar-refractivity contribution in [2.75, 3.05) is 0 Å². The first-order valence-electron chi connectivity index (χ1n) is 2.72. The number of hydrogen-bond acceptors (Lipinski definition) is 2. The molecule has 0 saturated carbocycles. The second-order valence-electron chi connectivity index (χ2n) is 2.12. The third kappa shape index (κ3) is 2.24. The smallest absolute Gasteiger partial charge is 0.350 e. The minimum absolute atomic E-state index is 0.430. The van der Waals surface area contributed by atoms with E-state index >= 15 is 0 Å². The molecule has 1 atom stereocenters. The van der Waals surface area contributed by atoms with Crippen LogP contribution in [0.25, 0.3) is 0 Å². The number of halogens is 5. The molecule has 2 nitrogen and oxygen atoms in total. The molecule has 0 fully saturated rings. The Kier molecular flexibility index (Phi) is 3.40. The van der Waals surface area contributed by atoms with Crippen LogP contribution in [0.15, 0.2) is 0 Å². The van der Waals surface area contributed by atoms with Crippen LogP contribution in [0.5, 0.6) is 0 Å². The van der Waals surface area contributed by atoms with Crippen LogP contribution in [0.1, 0.15) is 6.92 Å². The second kappa shape index (κ2) is 3.40. The van der Waals surface area contributed by atoms with Crippen molar-refractivity contribution in [3.63, 3.8) is 0 Å². The summed E-state index contributed by atoms with van der Waals surface area (Å²) in [4.78, 5) is 16.3. The highest BCUT2D eigenvalue weighted by atomic mass is 31.2. The molecule has 0 aliphatic heterocycles. The Bertz CT molecular complexity index is 156. The van der Waals surface area contributed by atoms with Crippen molar-refractivity contribution in [3.05, 3.63) is 0 Å². The summed E-state index contributed by atoms with van der Waals surface area (Å²) in [5, 5.41) is 0. The normalized spacial score (nSPS) is 16.8. The fraction of sp³-hybridized carbons (Fsp3) is 1.00. The summed E-state index contributed by atoms with van der Waals surface area (Å²) in [5.41, 5.74) is -2.51. The highest BCUT2D eigenvalue weighted by Gasteiger charge is 2.62. The number of rotatable bonds is 2. The van der Waals surface area contributed by atoms with Gasteiger partial charge in [-0.15, -0.1) is 0 Å². The molecule has 74 valence electrons. The molecule has 12 heavy (non-hydrogen) atoms. The van der Waals surface area contributed by atoms with Gasteiger partial charge in [0.25, 0.3) is 0 Å². The predicted octanol–water partition coefficient (Wildman–Crippen LogP) is 1.87. The minimum Gasteiger partial charge on any atom is -0.350 e. The Hall–Kier alpha value is 0. The van der Waals surface area contributed by atoms with E-state index in [9.17, 15) is 22.0 Å². The summed E-state index contributed by atoms with van der Waals surface area (Å²) in [6, 6.07) is 0.